The molecule has 2 N–H and O–H groups in total. The predicted octanol–water partition coefficient (Wildman–Crippen LogP) is 2.60. The van der Waals surface area contributed by atoms with Gasteiger partial charge in [0.25, 0.3) is 0 Å². The number of ketones is 1. The molecule has 0 aliphatic carbocycles. The zero-order chi connectivity index (χ0) is 17.8. The molecule has 1 aromatic heterocycles. The number of aromatic amines is 1. The number of fused-ring (bicyclic) bond motifs is 3. The second-order valence-corrected chi connectivity index (χ2v) is 7.22. The molecule has 2 bridgehead atoms. The Labute approximate surface area is 150 Å². The highest BCUT2D eigenvalue weighted by atomic mass is 19.1. The van der Waals surface area contributed by atoms with Gasteiger partial charge < -0.3 is 5.32 Å². The van der Waals surface area contributed by atoms with Gasteiger partial charge in [-0.1, -0.05) is 18.2 Å². The molecule has 0 radical (unpaired) electrons. The number of likely N-dealkylation sites (tertiary alicyclic amines) is 1. The second-order valence-electron chi connectivity index (χ2n) is 7.22. The summed E-state index contributed by atoms with van der Waals surface area (Å²) in [5.74, 6) is -0.240. The highest BCUT2D eigenvalue weighted by Gasteiger charge is 2.48. The molecule has 2 aliphatic heterocycles. The fourth-order valence-electron chi connectivity index (χ4n) is 4.37. The largest absolute Gasteiger partial charge is 0.310 e. The molecule has 132 valence electrons. The topological polar surface area (TPSA) is 61.0 Å². The maximum atomic E-state index is 13.6. The van der Waals surface area contributed by atoms with E-state index in [0.29, 0.717) is 11.7 Å². The number of nitrogens with zero attached hydrogens (tertiary/aromatic N) is 2. The Morgan fingerprint density at radius 3 is 2.85 bits per heavy atom. The summed E-state index contributed by atoms with van der Waals surface area (Å²) < 4.78 is 13.6. The fraction of sp³-hybridized carbons (Fsp3) is 0.300. The summed E-state index contributed by atoms with van der Waals surface area (Å²) in [4.78, 5) is 15.4. The third-order valence-corrected chi connectivity index (χ3v) is 5.76. The van der Waals surface area contributed by atoms with Crippen molar-refractivity contribution in [3.63, 3.8) is 0 Å². The van der Waals surface area contributed by atoms with E-state index in [4.69, 9.17) is 0 Å². The van der Waals surface area contributed by atoms with Gasteiger partial charge in [-0.2, -0.15) is 5.10 Å². The third kappa shape index (κ3) is 2.29. The number of benzene rings is 2. The monoisotopic (exact) mass is 350 g/mol. The molecule has 3 aromatic rings. The molecule has 0 amide bonds. The van der Waals surface area contributed by atoms with E-state index < -0.39 is 0 Å². The first-order valence-electron chi connectivity index (χ1n) is 8.85. The van der Waals surface area contributed by atoms with E-state index in [0.717, 1.165) is 35.0 Å². The first-order valence-corrected chi connectivity index (χ1v) is 8.85. The fourth-order valence-corrected chi connectivity index (χ4v) is 4.37. The van der Waals surface area contributed by atoms with Crippen LogP contribution >= 0.6 is 0 Å². The lowest BCUT2D eigenvalue weighted by atomic mass is 9.98. The van der Waals surface area contributed by atoms with Crippen LogP contribution in [0.1, 0.15) is 16.9 Å². The van der Waals surface area contributed by atoms with Crippen molar-refractivity contribution in [1.82, 2.24) is 20.4 Å². The van der Waals surface area contributed by atoms with Gasteiger partial charge in [0.1, 0.15) is 11.5 Å². The number of aromatic nitrogens is 2. The van der Waals surface area contributed by atoms with Gasteiger partial charge in [0.05, 0.1) is 11.6 Å². The van der Waals surface area contributed by atoms with Crippen LogP contribution in [0.25, 0.3) is 22.0 Å². The smallest absolute Gasteiger partial charge is 0.202 e. The van der Waals surface area contributed by atoms with Gasteiger partial charge in [0.15, 0.2) is 0 Å². The molecule has 5 rings (SSSR count). The number of halogens is 1. The van der Waals surface area contributed by atoms with Gasteiger partial charge in [-0.15, -0.1) is 0 Å². The van der Waals surface area contributed by atoms with Crippen LogP contribution in [-0.2, 0) is 0 Å². The Hall–Kier alpha value is -2.57. The van der Waals surface area contributed by atoms with Crippen LogP contribution in [0.3, 0.4) is 0 Å². The molecule has 1 unspecified atom stereocenters. The molecule has 0 spiro atoms. The van der Waals surface area contributed by atoms with Crippen molar-refractivity contribution in [2.75, 3.05) is 13.6 Å². The standard InChI is InChI=1S/C20H19FN4O/c1-25-14-9-17(22-10-14)19(25)20(26)18-15-8-12(5-6-16(15)23-24-18)11-3-2-4-13(21)7-11/h2-8,14,17,19,22H,9-10H2,1H3,(H,23,24)/t14-,17+,19?/m0/s1. The molecule has 26 heavy (non-hydrogen) atoms. The average Bonchev–Trinajstić information content (AvgIpc) is 3.35. The van der Waals surface area contributed by atoms with Crippen molar-refractivity contribution in [1.29, 1.82) is 0 Å². The second kappa shape index (κ2) is 5.72. The van der Waals surface area contributed by atoms with Crippen molar-refractivity contribution in [3.8, 4) is 11.1 Å². The maximum Gasteiger partial charge on any atom is 0.202 e. The quantitative estimate of drug-likeness (QED) is 0.713. The molecule has 2 saturated heterocycles. The maximum absolute atomic E-state index is 13.6. The minimum absolute atomic E-state index is 0.0369. The zero-order valence-corrected chi connectivity index (χ0v) is 14.4. The highest BCUT2D eigenvalue weighted by Crippen LogP contribution is 2.32. The van der Waals surface area contributed by atoms with E-state index in [1.807, 2.05) is 31.3 Å². The van der Waals surface area contributed by atoms with Crippen LogP contribution < -0.4 is 5.32 Å². The molecule has 6 heteroatoms. The van der Waals surface area contributed by atoms with Crippen molar-refractivity contribution in [3.05, 3.63) is 54.0 Å². The van der Waals surface area contributed by atoms with E-state index in [9.17, 15) is 9.18 Å². The Balaban J connectivity index is 1.56. The number of Topliss-reactive ketones (excluding diaryl/α,β-unsaturated/α-hetero) is 1. The lowest BCUT2D eigenvalue weighted by Crippen LogP contribution is -2.53. The normalized spacial score (nSPS) is 25.2. The van der Waals surface area contributed by atoms with Gasteiger partial charge >= 0.3 is 0 Å². The number of piperazine rings is 1. The summed E-state index contributed by atoms with van der Waals surface area (Å²) in [7, 11) is 2.01. The van der Waals surface area contributed by atoms with Gasteiger partial charge in [0.2, 0.25) is 5.78 Å². The first kappa shape index (κ1) is 15.7. The summed E-state index contributed by atoms with van der Waals surface area (Å²) >= 11 is 0. The van der Waals surface area contributed by atoms with Crippen LogP contribution in [0.15, 0.2) is 42.5 Å². The van der Waals surface area contributed by atoms with Crippen LogP contribution in [0.2, 0.25) is 0 Å². The minimum atomic E-state index is -0.277. The van der Waals surface area contributed by atoms with Crippen LogP contribution in [0, 0.1) is 5.82 Å². The number of hydrogen-bond acceptors (Lipinski definition) is 4. The van der Waals surface area contributed by atoms with E-state index in [1.165, 1.54) is 12.1 Å². The summed E-state index contributed by atoms with van der Waals surface area (Å²) in [6, 6.07) is 12.6. The van der Waals surface area contributed by atoms with Gasteiger partial charge in [-0.25, -0.2) is 4.39 Å². The number of rotatable bonds is 3. The number of likely N-dealkylation sites (N-methyl/N-ethyl adjacent to an activating group) is 1. The SMILES string of the molecule is CN1C(C(=O)c2n[nH]c3ccc(-c4cccc(F)c4)cc23)[C@H]2C[C@H]1CN2. The number of carbonyl (C=O) groups is 1. The number of carbonyl (C=O) groups excluding carboxylic acids is 1. The van der Waals surface area contributed by atoms with Gasteiger partial charge in [0, 0.05) is 24.0 Å². The molecular formula is C20H19FN4O. The Morgan fingerprint density at radius 1 is 1.23 bits per heavy atom. The Bertz CT molecular complexity index is 1010. The molecule has 3 atom stereocenters. The Kier molecular flexibility index (Phi) is 3.45. The minimum Gasteiger partial charge on any atom is -0.310 e. The summed E-state index contributed by atoms with van der Waals surface area (Å²) in [5, 5.41) is 11.5. The van der Waals surface area contributed by atoms with Crippen LogP contribution in [0.4, 0.5) is 4.39 Å². The molecule has 2 aromatic carbocycles. The lowest BCUT2D eigenvalue weighted by Gasteiger charge is -2.30. The van der Waals surface area contributed by atoms with E-state index in [-0.39, 0.29) is 23.7 Å². The highest BCUT2D eigenvalue weighted by molar-refractivity contribution is 6.09. The number of nitrogens with one attached hydrogen (secondary N) is 2. The zero-order valence-electron chi connectivity index (χ0n) is 14.4. The number of H-pyrrole nitrogens is 1. The predicted molar refractivity (Wildman–Crippen MR) is 97.6 cm³/mol. The number of hydrogen-bond donors (Lipinski definition) is 2. The van der Waals surface area contributed by atoms with Crippen molar-refractivity contribution < 1.29 is 9.18 Å². The van der Waals surface area contributed by atoms with Crippen molar-refractivity contribution in [2.45, 2.75) is 24.5 Å². The first-order chi connectivity index (χ1) is 12.6. The van der Waals surface area contributed by atoms with E-state index in [1.54, 1.807) is 6.07 Å². The molecule has 0 saturated carbocycles. The van der Waals surface area contributed by atoms with E-state index in [2.05, 4.69) is 20.4 Å². The average molecular weight is 350 g/mol. The van der Waals surface area contributed by atoms with Gasteiger partial charge in [-0.3, -0.25) is 14.8 Å². The molecule has 2 aliphatic rings. The Morgan fingerprint density at radius 2 is 2.08 bits per heavy atom. The third-order valence-electron chi connectivity index (χ3n) is 5.76. The van der Waals surface area contributed by atoms with Gasteiger partial charge in [-0.05, 0) is 48.9 Å². The van der Waals surface area contributed by atoms with E-state index >= 15 is 0 Å². The van der Waals surface area contributed by atoms with Crippen molar-refractivity contribution >= 4 is 16.7 Å². The summed E-state index contributed by atoms with van der Waals surface area (Å²) in [5.41, 5.74) is 2.92. The van der Waals surface area contributed by atoms with Crippen LogP contribution in [0.5, 0.6) is 0 Å². The molecule has 3 heterocycles. The molecular weight excluding hydrogens is 331 g/mol. The molecule has 2 fully saturated rings. The summed E-state index contributed by atoms with van der Waals surface area (Å²) in [6.07, 6.45) is 1.00. The van der Waals surface area contributed by atoms with Crippen LogP contribution in [-0.4, -0.2) is 52.6 Å². The lowest BCUT2D eigenvalue weighted by molar-refractivity contribution is 0.0811. The molecule has 5 nitrogen and oxygen atoms in total. The summed E-state index contributed by atoms with van der Waals surface area (Å²) in [6.45, 7) is 0.940. The van der Waals surface area contributed by atoms with Crippen molar-refractivity contribution in [2.24, 2.45) is 0 Å².